The standard InChI is InChI=1S/C11H17NO2/c1-5-10(6-9(2)3)7-12(4)8-11(13)14/h5-6H,1-2,7-8H2,3-4H3,(H,13,14)/b10-6+. The van der Waals surface area contributed by atoms with Gasteiger partial charge in [-0.3, -0.25) is 9.69 Å². The first-order valence-electron chi connectivity index (χ1n) is 4.34. The number of nitrogens with zero attached hydrogens (tertiary/aromatic N) is 1. The van der Waals surface area contributed by atoms with Crippen molar-refractivity contribution in [3.8, 4) is 0 Å². The molecule has 0 aromatic carbocycles. The van der Waals surface area contributed by atoms with Gasteiger partial charge in [0, 0.05) is 6.54 Å². The lowest BCUT2D eigenvalue weighted by molar-refractivity contribution is -0.137. The Kier molecular flexibility index (Phi) is 5.56. The Morgan fingerprint density at radius 1 is 1.50 bits per heavy atom. The summed E-state index contributed by atoms with van der Waals surface area (Å²) in [4.78, 5) is 12.1. The number of allylic oxidation sites excluding steroid dienone is 2. The van der Waals surface area contributed by atoms with E-state index in [4.69, 9.17) is 5.11 Å². The number of hydrogen-bond donors (Lipinski definition) is 1. The highest BCUT2D eigenvalue weighted by atomic mass is 16.4. The van der Waals surface area contributed by atoms with Crippen LogP contribution in [-0.2, 0) is 4.79 Å². The van der Waals surface area contributed by atoms with Crippen LogP contribution < -0.4 is 0 Å². The quantitative estimate of drug-likeness (QED) is 0.656. The van der Waals surface area contributed by atoms with E-state index in [1.807, 2.05) is 13.0 Å². The van der Waals surface area contributed by atoms with Crippen molar-refractivity contribution in [3.05, 3.63) is 36.5 Å². The minimum Gasteiger partial charge on any atom is -0.480 e. The number of aliphatic carboxylic acids is 1. The molecule has 0 aliphatic heterocycles. The molecule has 0 heterocycles. The van der Waals surface area contributed by atoms with E-state index >= 15 is 0 Å². The highest BCUT2D eigenvalue weighted by Gasteiger charge is 2.04. The van der Waals surface area contributed by atoms with E-state index < -0.39 is 5.97 Å². The summed E-state index contributed by atoms with van der Waals surface area (Å²) in [5.74, 6) is -0.828. The Hall–Kier alpha value is -1.35. The molecule has 0 aromatic heterocycles. The normalized spacial score (nSPS) is 11.5. The van der Waals surface area contributed by atoms with Gasteiger partial charge in [-0.25, -0.2) is 0 Å². The predicted octanol–water partition coefficient (Wildman–Crippen LogP) is 1.69. The molecule has 0 aliphatic carbocycles. The van der Waals surface area contributed by atoms with Gasteiger partial charge in [0.15, 0.2) is 0 Å². The van der Waals surface area contributed by atoms with Crippen LogP contribution in [0.5, 0.6) is 0 Å². The number of rotatable bonds is 6. The van der Waals surface area contributed by atoms with Gasteiger partial charge in [0.1, 0.15) is 0 Å². The van der Waals surface area contributed by atoms with Crippen molar-refractivity contribution < 1.29 is 9.90 Å². The largest absolute Gasteiger partial charge is 0.480 e. The Labute approximate surface area is 85.0 Å². The molecular formula is C11H17NO2. The average molecular weight is 195 g/mol. The fourth-order valence-corrected chi connectivity index (χ4v) is 1.08. The summed E-state index contributed by atoms with van der Waals surface area (Å²) < 4.78 is 0. The molecule has 0 atom stereocenters. The zero-order valence-electron chi connectivity index (χ0n) is 8.79. The maximum absolute atomic E-state index is 10.4. The highest BCUT2D eigenvalue weighted by Crippen LogP contribution is 2.03. The van der Waals surface area contributed by atoms with Gasteiger partial charge in [-0.1, -0.05) is 30.9 Å². The van der Waals surface area contributed by atoms with Crippen LogP contribution in [0.15, 0.2) is 36.5 Å². The fourth-order valence-electron chi connectivity index (χ4n) is 1.08. The fraction of sp³-hybridized carbons (Fsp3) is 0.364. The number of carboxylic acids is 1. The Bertz CT molecular complexity index is 266. The minimum absolute atomic E-state index is 0.0291. The lowest BCUT2D eigenvalue weighted by Gasteiger charge is -2.14. The molecular weight excluding hydrogens is 178 g/mol. The average Bonchev–Trinajstić information content (AvgIpc) is 2.00. The zero-order valence-corrected chi connectivity index (χ0v) is 8.79. The number of carbonyl (C=O) groups is 1. The van der Waals surface area contributed by atoms with E-state index in [1.54, 1.807) is 18.0 Å². The van der Waals surface area contributed by atoms with Crippen molar-refractivity contribution in [2.45, 2.75) is 6.92 Å². The molecule has 3 heteroatoms. The van der Waals surface area contributed by atoms with Gasteiger partial charge in [-0.15, -0.1) is 0 Å². The molecule has 78 valence electrons. The van der Waals surface area contributed by atoms with Crippen molar-refractivity contribution in [3.63, 3.8) is 0 Å². The summed E-state index contributed by atoms with van der Waals surface area (Å²) in [5, 5.41) is 8.55. The zero-order chi connectivity index (χ0) is 11.1. The summed E-state index contributed by atoms with van der Waals surface area (Å²) in [5.41, 5.74) is 1.91. The maximum Gasteiger partial charge on any atom is 0.317 e. The van der Waals surface area contributed by atoms with Crippen molar-refractivity contribution >= 4 is 5.97 Å². The number of hydrogen-bond acceptors (Lipinski definition) is 2. The van der Waals surface area contributed by atoms with Crippen molar-refractivity contribution in [2.75, 3.05) is 20.1 Å². The first-order valence-corrected chi connectivity index (χ1v) is 4.34. The van der Waals surface area contributed by atoms with Crippen molar-refractivity contribution in [1.82, 2.24) is 4.90 Å². The van der Waals surface area contributed by atoms with E-state index in [2.05, 4.69) is 13.2 Å². The van der Waals surface area contributed by atoms with Gasteiger partial charge in [-0.05, 0) is 19.5 Å². The van der Waals surface area contributed by atoms with Crippen LogP contribution in [0.3, 0.4) is 0 Å². The Balaban J connectivity index is 4.25. The summed E-state index contributed by atoms with van der Waals surface area (Å²) in [6.07, 6.45) is 3.61. The molecule has 0 unspecified atom stereocenters. The molecule has 0 saturated carbocycles. The SMILES string of the molecule is C=C/C(=C\C(=C)C)CN(C)CC(=O)O. The Morgan fingerprint density at radius 2 is 2.07 bits per heavy atom. The molecule has 14 heavy (non-hydrogen) atoms. The summed E-state index contributed by atoms with van der Waals surface area (Å²) in [6.45, 7) is 9.91. The Morgan fingerprint density at radius 3 is 2.43 bits per heavy atom. The molecule has 0 radical (unpaired) electrons. The molecule has 0 saturated heterocycles. The first kappa shape index (κ1) is 12.7. The lowest BCUT2D eigenvalue weighted by Crippen LogP contribution is -2.27. The molecule has 0 aliphatic rings. The van der Waals surface area contributed by atoms with Crippen molar-refractivity contribution in [2.24, 2.45) is 0 Å². The summed E-state index contributed by atoms with van der Waals surface area (Å²) in [7, 11) is 1.75. The van der Waals surface area contributed by atoms with Crippen LogP contribution in [0, 0.1) is 0 Å². The monoisotopic (exact) mass is 195 g/mol. The first-order chi connectivity index (χ1) is 6.45. The van der Waals surface area contributed by atoms with Gasteiger partial charge in [0.2, 0.25) is 0 Å². The van der Waals surface area contributed by atoms with Gasteiger partial charge < -0.3 is 5.11 Å². The highest BCUT2D eigenvalue weighted by molar-refractivity contribution is 5.69. The second-order valence-corrected chi connectivity index (χ2v) is 3.34. The second-order valence-electron chi connectivity index (χ2n) is 3.34. The minimum atomic E-state index is -0.828. The molecule has 0 spiro atoms. The van der Waals surface area contributed by atoms with Crippen LogP contribution in [0.25, 0.3) is 0 Å². The third kappa shape index (κ3) is 6.20. The predicted molar refractivity (Wildman–Crippen MR) is 58.2 cm³/mol. The molecule has 0 bridgehead atoms. The molecule has 1 N–H and O–H groups in total. The molecule has 0 fully saturated rings. The van der Waals surface area contributed by atoms with E-state index in [-0.39, 0.29) is 6.54 Å². The van der Waals surface area contributed by atoms with E-state index in [9.17, 15) is 4.79 Å². The van der Waals surface area contributed by atoms with Crippen LogP contribution in [-0.4, -0.2) is 36.1 Å². The van der Waals surface area contributed by atoms with Crippen LogP contribution in [0.1, 0.15) is 6.92 Å². The summed E-state index contributed by atoms with van der Waals surface area (Å²) >= 11 is 0. The van der Waals surface area contributed by atoms with Crippen LogP contribution >= 0.6 is 0 Å². The van der Waals surface area contributed by atoms with E-state index in [0.29, 0.717) is 6.54 Å². The van der Waals surface area contributed by atoms with Crippen molar-refractivity contribution in [1.29, 1.82) is 0 Å². The molecule has 0 aromatic rings. The van der Waals surface area contributed by atoms with Gasteiger partial charge in [0.05, 0.1) is 6.54 Å². The van der Waals surface area contributed by atoms with Gasteiger partial charge >= 0.3 is 5.97 Å². The second kappa shape index (κ2) is 6.16. The number of likely N-dealkylation sites (N-methyl/N-ethyl adjacent to an activating group) is 1. The van der Waals surface area contributed by atoms with Crippen LogP contribution in [0.2, 0.25) is 0 Å². The maximum atomic E-state index is 10.4. The van der Waals surface area contributed by atoms with Gasteiger partial charge in [-0.2, -0.15) is 0 Å². The molecule has 0 amide bonds. The topological polar surface area (TPSA) is 40.5 Å². The molecule has 0 rings (SSSR count). The summed E-state index contributed by atoms with van der Waals surface area (Å²) in [6, 6.07) is 0. The van der Waals surface area contributed by atoms with Crippen LogP contribution in [0.4, 0.5) is 0 Å². The number of carboxylic acid groups (broad SMARTS) is 1. The molecule has 3 nitrogen and oxygen atoms in total. The third-order valence-electron chi connectivity index (χ3n) is 1.55. The van der Waals surface area contributed by atoms with Gasteiger partial charge in [0.25, 0.3) is 0 Å². The lowest BCUT2D eigenvalue weighted by atomic mass is 10.2. The smallest absolute Gasteiger partial charge is 0.317 e. The van der Waals surface area contributed by atoms with E-state index in [0.717, 1.165) is 11.1 Å². The third-order valence-corrected chi connectivity index (χ3v) is 1.55. The van der Waals surface area contributed by atoms with E-state index in [1.165, 1.54) is 0 Å².